The summed E-state index contributed by atoms with van der Waals surface area (Å²) in [4.78, 5) is 0. The van der Waals surface area contributed by atoms with Crippen LogP contribution >= 0.6 is 27.7 Å². The van der Waals surface area contributed by atoms with E-state index >= 15 is 0 Å². The maximum atomic E-state index is 6.40. The fourth-order valence-electron chi connectivity index (χ4n) is 2.40. The zero-order valence-corrected chi connectivity index (χ0v) is 13.3. The van der Waals surface area contributed by atoms with Gasteiger partial charge in [-0.2, -0.15) is 11.8 Å². The highest BCUT2D eigenvalue weighted by Gasteiger charge is 2.35. The minimum absolute atomic E-state index is 0.213. The van der Waals surface area contributed by atoms with E-state index in [0.717, 1.165) is 16.6 Å². The smallest absolute Gasteiger partial charge is 0.133 e. The van der Waals surface area contributed by atoms with Crippen LogP contribution in [0.5, 0.6) is 5.75 Å². The number of thioether (sulfide) groups is 1. The first-order valence-electron chi connectivity index (χ1n) is 6.27. The zero-order valence-electron chi connectivity index (χ0n) is 10.9. The van der Waals surface area contributed by atoms with E-state index in [-0.39, 0.29) is 10.8 Å². The Kier molecular flexibility index (Phi) is 4.62. The predicted octanol–water partition coefficient (Wildman–Crippen LogP) is 3.61. The van der Waals surface area contributed by atoms with Crippen molar-refractivity contribution in [2.45, 2.75) is 37.0 Å². The molecule has 2 N–H and O–H groups in total. The summed E-state index contributed by atoms with van der Waals surface area (Å²) in [6, 6.07) is 6.43. The molecule has 0 aliphatic carbocycles. The number of hydrogen-bond donors (Lipinski definition) is 1. The molecule has 0 spiro atoms. The summed E-state index contributed by atoms with van der Waals surface area (Å²) >= 11 is 5.55. The average Bonchev–Trinajstić information content (AvgIpc) is 2.78. The van der Waals surface area contributed by atoms with Crippen LogP contribution < -0.4 is 10.5 Å². The van der Waals surface area contributed by atoms with Gasteiger partial charge in [-0.1, -0.05) is 6.07 Å². The third-order valence-electron chi connectivity index (χ3n) is 3.71. The molecule has 1 saturated heterocycles. The lowest BCUT2D eigenvalue weighted by atomic mass is 9.91. The van der Waals surface area contributed by atoms with Crippen LogP contribution in [0.4, 0.5) is 0 Å². The number of methoxy groups -OCH3 is 1. The van der Waals surface area contributed by atoms with Crippen molar-refractivity contribution in [2.75, 3.05) is 12.9 Å². The van der Waals surface area contributed by atoms with E-state index in [1.165, 1.54) is 24.2 Å². The van der Waals surface area contributed by atoms with Crippen molar-refractivity contribution < 1.29 is 4.74 Å². The maximum Gasteiger partial charge on any atom is 0.133 e. The van der Waals surface area contributed by atoms with E-state index in [1.54, 1.807) is 7.11 Å². The van der Waals surface area contributed by atoms with E-state index in [1.807, 2.05) is 17.8 Å². The van der Waals surface area contributed by atoms with Crippen LogP contribution in [0, 0.1) is 0 Å². The molecule has 0 bridgehead atoms. The van der Waals surface area contributed by atoms with Crippen LogP contribution in [0.15, 0.2) is 22.7 Å². The van der Waals surface area contributed by atoms with Crippen LogP contribution in [0.25, 0.3) is 0 Å². The predicted molar refractivity (Wildman–Crippen MR) is 82.5 cm³/mol. The number of nitrogens with two attached hydrogens (primary N) is 1. The summed E-state index contributed by atoms with van der Waals surface area (Å²) in [6.07, 6.45) is 3.45. The quantitative estimate of drug-likeness (QED) is 0.916. The monoisotopic (exact) mass is 329 g/mol. The maximum absolute atomic E-state index is 6.40. The van der Waals surface area contributed by atoms with E-state index in [4.69, 9.17) is 10.5 Å². The summed E-state index contributed by atoms with van der Waals surface area (Å²) in [6.45, 7) is 2.30. The summed E-state index contributed by atoms with van der Waals surface area (Å²) < 4.78 is 6.48. The van der Waals surface area contributed by atoms with Crippen molar-refractivity contribution in [2.24, 2.45) is 5.73 Å². The second-order valence-electron chi connectivity index (χ2n) is 5.04. The second-order valence-corrected chi connectivity index (χ2v) is 7.53. The molecule has 2 unspecified atom stereocenters. The largest absolute Gasteiger partial charge is 0.496 e. The Labute approximate surface area is 122 Å². The Bertz CT molecular complexity index is 418. The molecule has 4 heteroatoms. The number of hydrogen-bond acceptors (Lipinski definition) is 3. The highest BCUT2D eigenvalue weighted by atomic mass is 79.9. The minimum atomic E-state index is 0.213. The molecule has 1 heterocycles. The lowest BCUT2D eigenvalue weighted by molar-refractivity contribution is 0.411. The van der Waals surface area contributed by atoms with Crippen LogP contribution in [0.2, 0.25) is 0 Å². The first-order valence-corrected chi connectivity index (χ1v) is 8.05. The molecule has 2 rings (SSSR count). The molecule has 0 radical (unpaired) electrons. The summed E-state index contributed by atoms with van der Waals surface area (Å²) in [5.74, 6) is 2.12. The summed E-state index contributed by atoms with van der Waals surface area (Å²) in [5, 5.41) is 0. The number of benzene rings is 1. The fraction of sp³-hybridized carbons (Fsp3) is 0.571. The Hall–Kier alpha value is -0.190. The molecule has 1 aliphatic heterocycles. The zero-order chi connectivity index (χ0) is 13.2. The molecular weight excluding hydrogens is 310 g/mol. The van der Waals surface area contributed by atoms with Crippen molar-refractivity contribution in [3.05, 3.63) is 28.2 Å². The summed E-state index contributed by atoms with van der Waals surface area (Å²) in [7, 11) is 1.68. The lowest BCUT2D eigenvalue weighted by Gasteiger charge is -2.30. The van der Waals surface area contributed by atoms with Gasteiger partial charge in [0.25, 0.3) is 0 Å². The van der Waals surface area contributed by atoms with E-state index in [0.29, 0.717) is 0 Å². The standard InChI is InChI=1S/C14H20BrNOS/c1-14(6-3-7-18-14)13(16)9-10-4-5-12(17-2)11(15)8-10/h4-5,8,13H,3,6-7,9,16H2,1-2H3. The van der Waals surface area contributed by atoms with Crippen LogP contribution in [0.1, 0.15) is 25.3 Å². The second kappa shape index (κ2) is 5.85. The van der Waals surface area contributed by atoms with Gasteiger partial charge >= 0.3 is 0 Å². The van der Waals surface area contributed by atoms with Crippen molar-refractivity contribution in [1.29, 1.82) is 0 Å². The SMILES string of the molecule is COc1ccc(CC(N)C2(C)CCCS2)cc1Br. The van der Waals surface area contributed by atoms with E-state index in [2.05, 4.69) is 35.0 Å². The van der Waals surface area contributed by atoms with Gasteiger partial charge in [-0.3, -0.25) is 0 Å². The van der Waals surface area contributed by atoms with Crippen molar-refractivity contribution in [3.8, 4) is 5.75 Å². The molecule has 0 amide bonds. The highest BCUT2D eigenvalue weighted by molar-refractivity contribution is 9.10. The molecule has 18 heavy (non-hydrogen) atoms. The Morgan fingerprint density at radius 1 is 1.56 bits per heavy atom. The molecule has 0 aromatic heterocycles. The van der Waals surface area contributed by atoms with Crippen molar-refractivity contribution in [3.63, 3.8) is 0 Å². The molecule has 100 valence electrons. The fourth-order valence-corrected chi connectivity index (χ4v) is 4.33. The molecule has 1 aromatic carbocycles. The first kappa shape index (κ1) is 14.2. The Morgan fingerprint density at radius 3 is 2.89 bits per heavy atom. The Balaban J connectivity index is 2.07. The van der Waals surface area contributed by atoms with Gasteiger partial charge in [0.15, 0.2) is 0 Å². The number of halogens is 1. The molecule has 1 aromatic rings. The van der Waals surface area contributed by atoms with Gasteiger partial charge in [0.05, 0.1) is 11.6 Å². The molecule has 0 saturated carbocycles. The molecule has 1 aliphatic rings. The average molecular weight is 330 g/mol. The van der Waals surface area contributed by atoms with Gasteiger partial charge in [-0.25, -0.2) is 0 Å². The van der Waals surface area contributed by atoms with Crippen LogP contribution in [0.3, 0.4) is 0 Å². The molecule has 1 fully saturated rings. The van der Waals surface area contributed by atoms with Crippen LogP contribution in [-0.4, -0.2) is 23.7 Å². The van der Waals surface area contributed by atoms with Gasteiger partial charge in [0.2, 0.25) is 0 Å². The molecular formula is C14H20BrNOS. The summed E-state index contributed by atoms with van der Waals surface area (Å²) in [5.41, 5.74) is 7.67. The molecule has 2 nitrogen and oxygen atoms in total. The van der Waals surface area contributed by atoms with Crippen molar-refractivity contribution in [1.82, 2.24) is 0 Å². The van der Waals surface area contributed by atoms with Gasteiger partial charge in [-0.05, 0) is 65.6 Å². The highest BCUT2D eigenvalue weighted by Crippen LogP contribution is 2.40. The number of ether oxygens (including phenoxy) is 1. The van der Waals surface area contributed by atoms with Gasteiger partial charge < -0.3 is 10.5 Å². The molecule has 2 atom stereocenters. The Morgan fingerprint density at radius 2 is 2.33 bits per heavy atom. The van der Waals surface area contributed by atoms with Crippen molar-refractivity contribution >= 4 is 27.7 Å². The van der Waals surface area contributed by atoms with E-state index < -0.39 is 0 Å². The topological polar surface area (TPSA) is 35.2 Å². The van der Waals surface area contributed by atoms with Gasteiger partial charge in [-0.15, -0.1) is 0 Å². The van der Waals surface area contributed by atoms with Gasteiger partial charge in [0, 0.05) is 10.8 Å². The van der Waals surface area contributed by atoms with Gasteiger partial charge in [0.1, 0.15) is 5.75 Å². The first-order chi connectivity index (χ1) is 8.55. The lowest BCUT2D eigenvalue weighted by Crippen LogP contribution is -2.42. The third kappa shape index (κ3) is 3.03. The van der Waals surface area contributed by atoms with E-state index in [9.17, 15) is 0 Å². The normalized spacial score (nSPS) is 25.1. The minimum Gasteiger partial charge on any atom is -0.496 e. The third-order valence-corrected chi connectivity index (χ3v) is 5.98. The number of rotatable bonds is 4. The van der Waals surface area contributed by atoms with Crippen LogP contribution in [-0.2, 0) is 6.42 Å².